The number of hydrogen-bond acceptors (Lipinski definition) is 5. The maximum atomic E-state index is 13.2. The molecule has 0 N–H and O–H groups in total. The molecule has 0 bridgehead atoms. The molecule has 1 aromatic carbocycles. The van der Waals surface area contributed by atoms with Crippen LogP contribution in [0.1, 0.15) is 24.8 Å². The lowest BCUT2D eigenvalue weighted by atomic mass is 9.80. The molecule has 5 nitrogen and oxygen atoms in total. The summed E-state index contributed by atoms with van der Waals surface area (Å²) in [6.07, 6.45) is 1.88. The number of carbonyl (C=O) groups is 1. The van der Waals surface area contributed by atoms with Crippen molar-refractivity contribution in [3.8, 4) is 5.75 Å². The fraction of sp³-hybridized carbons (Fsp3) is 0.400. The monoisotopic (exact) mass is 358 g/mol. The fourth-order valence-electron chi connectivity index (χ4n) is 3.44. The first-order chi connectivity index (χ1) is 12.6. The first-order valence-electron chi connectivity index (χ1n) is 8.79. The summed E-state index contributed by atoms with van der Waals surface area (Å²) in [6, 6.07) is 10.8. The molecule has 3 rings (SSSR count). The van der Waals surface area contributed by atoms with Crippen LogP contribution in [0.4, 0.5) is 10.2 Å². The maximum absolute atomic E-state index is 13.2. The van der Waals surface area contributed by atoms with Crippen LogP contribution in [0, 0.1) is 11.7 Å². The van der Waals surface area contributed by atoms with E-state index >= 15 is 0 Å². The Kier molecular flexibility index (Phi) is 5.71. The van der Waals surface area contributed by atoms with Gasteiger partial charge in [0.15, 0.2) is 0 Å². The number of pyridine rings is 1. The van der Waals surface area contributed by atoms with Gasteiger partial charge >= 0.3 is 5.97 Å². The second kappa shape index (κ2) is 8.17. The number of piperidine rings is 1. The van der Waals surface area contributed by atoms with Gasteiger partial charge in [0.05, 0.1) is 25.8 Å². The fourth-order valence-corrected chi connectivity index (χ4v) is 3.44. The van der Waals surface area contributed by atoms with Crippen molar-refractivity contribution in [2.24, 2.45) is 5.92 Å². The van der Waals surface area contributed by atoms with Crippen LogP contribution in [-0.2, 0) is 9.53 Å². The third-order valence-electron chi connectivity index (χ3n) is 4.78. The molecule has 0 radical (unpaired) electrons. The minimum atomic E-state index is -0.359. The Morgan fingerprint density at radius 2 is 2.04 bits per heavy atom. The van der Waals surface area contributed by atoms with Crippen molar-refractivity contribution in [1.82, 2.24) is 4.98 Å². The third-order valence-corrected chi connectivity index (χ3v) is 4.78. The number of anilines is 1. The Morgan fingerprint density at radius 1 is 1.27 bits per heavy atom. The average molecular weight is 358 g/mol. The predicted octanol–water partition coefficient (Wildman–Crippen LogP) is 3.40. The maximum Gasteiger partial charge on any atom is 0.309 e. The quantitative estimate of drug-likeness (QED) is 0.767. The minimum Gasteiger partial charge on any atom is -0.497 e. The summed E-state index contributed by atoms with van der Waals surface area (Å²) in [6.45, 7) is 3.48. The lowest BCUT2D eigenvalue weighted by Crippen LogP contribution is -2.43. The van der Waals surface area contributed by atoms with Gasteiger partial charge in [-0.25, -0.2) is 9.37 Å². The lowest BCUT2D eigenvalue weighted by Gasteiger charge is -2.38. The summed E-state index contributed by atoms with van der Waals surface area (Å²) in [5.74, 6) is 0.726. The summed E-state index contributed by atoms with van der Waals surface area (Å²) in [5, 5.41) is 0. The number of hydrogen-bond donors (Lipinski definition) is 0. The Bertz CT molecular complexity index is 734. The number of halogens is 1. The van der Waals surface area contributed by atoms with E-state index in [-0.39, 0.29) is 23.6 Å². The van der Waals surface area contributed by atoms with E-state index in [1.165, 1.54) is 12.3 Å². The number of aromatic nitrogens is 1. The number of methoxy groups -OCH3 is 1. The van der Waals surface area contributed by atoms with Crippen LogP contribution >= 0.6 is 0 Å². The molecule has 1 aliphatic rings. The van der Waals surface area contributed by atoms with E-state index in [4.69, 9.17) is 9.47 Å². The largest absolute Gasteiger partial charge is 0.497 e. The molecule has 1 saturated heterocycles. The SMILES string of the molecule is CCOC(=O)[C@@H]1CCN(c2ccc(F)cn2)CC1c1ccc(OC)cc1. The van der Waals surface area contributed by atoms with E-state index in [2.05, 4.69) is 9.88 Å². The predicted molar refractivity (Wildman–Crippen MR) is 96.9 cm³/mol. The zero-order chi connectivity index (χ0) is 18.5. The molecule has 0 amide bonds. The summed E-state index contributed by atoms with van der Waals surface area (Å²) >= 11 is 0. The zero-order valence-corrected chi connectivity index (χ0v) is 15.0. The van der Waals surface area contributed by atoms with Crippen LogP contribution in [0.5, 0.6) is 5.75 Å². The smallest absolute Gasteiger partial charge is 0.309 e. The van der Waals surface area contributed by atoms with Crippen LogP contribution in [0.3, 0.4) is 0 Å². The van der Waals surface area contributed by atoms with Crippen molar-refractivity contribution in [2.45, 2.75) is 19.3 Å². The van der Waals surface area contributed by atoms with Gasteiger partial charge in [0.25, 0.3) is 0 Å². The van der Waals surface area contributed by atoms with Gasteiger partial charge in [-0.3, -0.25) is 4.79 Å². The first-order valence-corrected chi connectivity index (χ1v) is 8.79. The minimum absolute atomic E-state index is 0.0273. The molecular weight excluding hydrogens is 335 g/mol. The Hall–Kier alpha value is -2.63. The topological polar surface area (TPSA) is 51.7 Å². The normalized spacial score (nSPS) is 19.9. The molecule has 1 aromatic heterocycles. The standard InChI is InChI=1S/C20H23FN2O3/c1-3-26-20(24)17-10-11-23(19-9-6-15(21)12-22-19)13-18(17)14-4-7-16(25-2)8-5-14/h4-9,12,17-18H,3,10-11,13H2,1-2H3/t17-,18?/m1/s1. The highest BCUT2D eigenvalue weighted by Crippen LogP contribution is 2.35. The van der Waals surface area contributed by atoms with Crippen LogP contribution in [0.25, 0.3) is 0 Å². The van der Waals surface area contributed by atoms with Gasteiger partial charge in [0.1, 0.15) is 17.4 Å². The molecule has 2 heterocycles. The highest BCUT2D eigenvalue weighted by atomic mass is 19.1. The summed E-state index contributed by atoms with van der Waals surface area (Å²) < 4.78 is 23.7. The number of esters is 1. The number of carbonyl (C=O) groups excluding carboxylic acids is 1. The number of ether oxygens (including phenoxy) is 2. The molecule has 6 heteroatoms. The Labute approximate surface area is 152 Å². The molecule has 0 aliphatic carbocycles. The second-order valence-electron chi connectivity index (χ2n) is 6.31. The molecule has 1 unspecified atom stereocenters. The van der Waals surface area contributed by atoms with Crippen molar-refractivity contribution in [3.05, 3.63) is 54.0 Å². The van der Waals surface area contributed by atoms with Crippen LogP contribution in [-0.4, -0.2) is 37.8 Å². The number of rotatable bonds is 5. The molecule has 0 saturated carbocycles. The molecule has 2 aromatic rings. The Balaban J connectivity index is 1.86. The average Bonchev–Trinajstić information content (AvgIpc) is 2.68. The van der Waals surface area contributed by atoms with Gasteiger partial charge in [0, 0.05) is 19.0 Å². The van der Waals surface area contributed by atoms with E-state index in [1.54, 1.807) is 13.2 Å². The molecule has 0 spiro atoms. The molecule has 1 aliphatic heterocycles. The van der Waals surface area contributed by atoms with Gasteiger partial charge in [-0.15, -0.1) is 0 Å². The van der Waals surface area contributed by atoms with Crippen molar-refractivity contribution in [3.63, 3.8) is 0 Å². The van der Waals surface area contributed by atoms with E-state index in [0.717, 1.165) is 11.3 Å². The van der Waals surface area contributed by atoms with Gasteiger partial charge in [-0.1, -0.05) is 12.1 Å². The van der Waals surface area contributed by atoms with E-state index < -0.39 is 0 Å². The molecule has 1 fully saturated rings. The van der Waals surface area contributed by atoms with E-state index in [0.29, 0.717) is 31.9 Å². The lowest BCUT2D eigenvalue weighted by molar-refractivity contribution is -0.149. The van der Waals surface area contributed by atoms with E-state index in [9.17, 15) is 9.18 Å². The second-order valence-corrected chi connectivity index (χ2v) is 6.31. The molecule has 26 heavy (non-hydrogen) atoms. The van der Waals surface area contributed by atoms with Gasteiger partial charge in [-0.2, -0.15) is 0 Å². The highest BCUT2D eigenvalue weighted by molar-refractivity contribution is 5.74. The number of nitrogens with zero attached hydrogens (tertiary/aromatic N) is 2. The van der Waals surface area contributed by atoms with Crippen LogP contribution < -0.4 is 9.64 Å². The Morgan fingerprint density at radius 3 is 2.65 bits per heavy atom. The van der Waals surface area contributed by atoms with Gasteiger partial charge in [-0.05, 0) is 43.2 Å². The summed E-state index contributed by atoms with van der Waals surface area (Å²) in [5.41, 5.74) is 1.05. The summed E-state index contributed by atoms with van der Waals surface area (Å²) in [4.78, 5) is 18.7. The first kappa shape index (κ1) is 18.2. The highest BCUT2D eigenvalue weighted by Gasteiger charge is 2.36. The van der Waals surface area contributed by atoms with Crippen molar-refractivity contribution >= 4 is 11.8 Å². The van der Waals surface area contributed by atoms with E-state index in [1.807, 2.05) is 31.2 Å². The zero-order valence-electron chi connectivity index (χ0n) is 15.0. The third kappa shape index (κ3) is 3.95. The van der Waals surface area contributed by atoms with Gasteiger partial charge < -0.3 is 14.4 Å². The number of benzene rings is 1. The van der Waals surface area contributed by atoms with Crippen molar-refractivity contribution in [1.29, 1.82) is 0 Å². The van der Waals surface area contributed by atoms with Crippen molar-refractivity contribution < 1.29 is 18.7 Å². The summed E-state index contributed by atoms with van der Waals surface area (Å²) in [7, 11) is 1.62. The van der Waals surface area contributed by atoms with Crippen LogP contribution in [0.15, 0.2) is 42.6 Å². The molecular formula is C20H23FN2O3. The van der Waals surface area contributed by atoms with Crippen LogP contribution in [0.2, 0.25) is 0 Å². The van der Waals surface area contributed by atoms with Crippen molar-refractivity contribution in [2.75, 3.05) is 31.7 Å². The molecule has 138 valence electrons. The molecule has 2 atom stereocenters. The van der Waals surface area contributed by atoms with Gasteiger partial charge in [0.2, 0.25) is 0 Å².